The molecule has 3 aromatic rings. The molecule has 0 bridgehead atoms. The van der Waals surface area contributed by atoms with Crippen molar-refractivity contribution < 1.29 is 14.3 Å². The quantitative estimate of drug-likeness (QED) is 0.538. The summed E-state index contributed by atoms with van der Waals surface area (Å²) < 4.78 is 12.7. The number of hydrogen-bond acceptors (Lipinski definition) is 6. The van der Waals surface area contributed by atoms with Gasteiger partial charge in [0.1, 0.15) is 5.75 Å². The second kappa shape index (κ2) is 9.21. The molecule has 0 atom stereocenters. The Morgan fingerprint density at radius 1 is 1.24 bits per heavy atom. The number of morpholine rings is 1. The van der Waals surface area contributed by atoms with Crippen LogP contribution >= 0.6 is 27.3 Å². The van der Waals surface area contributed by atoms with Crippen LogP contribution in [0.15, 0.2) is 46.9 Å². The molecule has 0 aliphatic carbocycles. The van der Waals surface area contributed by atoms with Crippen molar-refractivity contribution >= 4 is 48.5 Å². The number of benzene rings is 2. The van der Waals surface area contributed by atoms with Gasteiger partial charge in [-0.3, -0.25) is 14.6 Å². The monoisotopic (exact) mass is 475 g/mol. The van der Waals surface area contributed by atoms with Crippen molar-refractivity contribution in [2.75, 3.05) is 51.4 Å². The number of nitrogens with zero attached hydrogens (tertiary/aromatic N) is 3. The number of methoxy groups -OCH3 is 1. The number of carbonyl (C=O) groups excluding carboxylic acids is 1. The first-order chi connectivity index (χ1) is 14.1. The zero-order chi connectivity index (χ0) is 20.2. The summed E-state index contributed by atoms with van der Waals surface area (Å²) >= 11 is 4.94. The first-order valence-electron chi connectivity index (χ1n) is 9.46. The predicted molar refractivity (Wildman–Crippen MR) is 119 cm³/mol. The molecule has 8 heteroatoms. The van der Waals surface area contributed by atoms with E-state index in [1.165, 1.54) is 11.3 Å². The first kappa shape index (κ1) is 20.3. The minimum atomic E-state index is -0.0446. The summed E-state index contributed by atoms with van der Waals surface area (Å²) in [7, 11) is 1.65. The number of thiazole rings is 1. The Balaban J connectivity index is 1.63. The van der Waals surface area contributed by atoms with Crippen molar-refractivity contribution in [3.05, 3.63) is 52.5 Å². The van der Waals surface area contributed by atoms with Gasteiger partial charge >= 0.3 is 0 Å². The molecular weight excluding hydrogens is 454 g/mol. The number of hydrogen-bond donors (Lipinski definition) is 0. The van der Waals surface area contributed by atoms with E-state index in [4.69, 9.17) is 14.5 Å². The number of rotatable bonds is 6. The van der Waals surface area contributed by atoms with Crippen LogP contribution in [0.25, 0.3) is 10.2 Å². The summed E-state index contributed by atoms with van der Waals surface area (Å²) in [5, 5.41) is 0.703. The highest BCUT2D eigenvalue weighted by atomic mass is 79.9. The molecule has 1 aliphatic rings. The van der Waals surface area contributed by atoms with Crippen molar-refractivity contribution in [2.24, 2.45) is 0 Å². The van der Waals surface area contributed by atoms with Gasteiger partial charge in [0.25, 0.3) is 5.91 Å². The topological polar surface area (TPSA) is 54.9 Å². The number of anilines is 1. The zero-order valence-electron chi connectivity index (χ0n) is 16.1. The van der Waals surface area contributed by atoms with E-state index in [0.717, 1.165) is 53.3 Å². The highest BCUT2D eigenvalue weighted by molar-refractivity contribution is 9.10. The van der Waals surface area contributed by atoms with Crippen LogP contribution in [-0.2, 0) is 4.74 Å². The molecule has 2 aromatic carbocycles. The van der Waals surface area contributed by atoms with Gasteiger partial charge in [-0.05, 0) is 42.5 Å². The van der Waals surface area contributed by atoms with Crippen molar-refractivity contribution in [1.82, 2.24) is 9.88 Å². The Bertz CT molecular complexity index is 987. The van der Waals surface area contributed by atoms with Crippen LogP contribution in [0.4, 0.5) is 5.13 Å². The summed E-state index contributed by atoms with van der Waals surface area (Å²) in [6, 6.07) is 13.2. The van der Waals surface area contributed by atoms with Crippen LogP contribution in [0, 0.1) is 0 Å². The summed E-state index contributed by atoms with van der Waals surface area (Å²) in [5.41, 5.74) is 1.51. The van der Waals surface area contributed by atoms with E-state index in [1.807, 2.05) is 42.5 Å². The lowest BCUT2D eigenvalue weighted by molar-refractivity contribution is 0.0391. The standard InChI is InChI=1S/C21H22BrN3O3S/c1-27-17-6-7-18-19(14-17)29-21(23-18)25(9-8-24-10-12-28-13-11-24)20(26)15-2-4-16(22)5-3-15/h2-7,14H,8-13H2,1H3. The third-order valence-corrected chi connectivity index (χ3v) is 6.46. The molecule has 1 aliphatic heterocycles. The van der Waals surface area contributed by atoms with Crippen LogP contribution in [-0.4, -0.2) is 62.3 Å². The largest absolute Gasteiger partial charge is 0.497 e. The van der Waals surface area contributed by atoms with Gasteiger partial charge < -0.3 is 9.47 Å². The molecule has 0 radical (unpaired) electrons. The highest BCUT2D eigenvalue weighted by Crippen LogP contribution is 2.32. The fourth-order valence-corrected chi connectivity index (χ4v) is 4.52. The molecule has 1 aromatic heterocycles. The van der Waals surface area contributed by atoms with E-state index < -0.39 is 0 Å². The predicted octanol–water partition coefficient (Wildman–Crippen LogP) is 4.05. The fourth-order valence-electron chi connectivity index (χ4n) is 3.23. The van der Waals surface area contributed by atoms with Gasteiger partial charge in [-0.15, -0.1) is 0 Å². The third-order valence-electron chi connectivity index (χ3n) is 4.90. The normalized spacial score (nSPS) is 14.8. The molecule has 2 heterocycles. The van der Waals surface area contributed by atoms with Gasteiger partial charge in [0.05, 0.1) is 30.5 Å². The zero-order valence-corrected chi connectivity index (χ0v) is 18.5. The lowest BCUT2D eigenvalue weighted by Crippen LogP contribution is -2.43. The number of aromatic nitrogens is 1. The lowest BCUT2D eigenvalue weighted by atomic mass is 10.2. The SMILES string of the molecule is COc1ccc2nc(N(CCN3CCOCC3)C(=O)c3ccc(Br)cc3)sc2c1. The highest BCUT2D eigenvalue weighted by Gasteiger charge is 2.23. The Morgan fingerprint density at radius 3 is 2.72 bits per heavy atom. The lowest BCUT2D eigenvalue weighted by Gasteiger charge is -2.29. The van der Waals surface area contributed by atoms with E-state index in [2.05, 4.69) is 20.8 Å². The van der Waals surface area contributed by atoms with Crippen LogP contribution in [0.5, 0.6) is 5.75 Å². The molecule has 0 N–H and O–H groups in total. The third kappa shape index (κ3) is 4.78. The van der Waals surface area contributed by atoms with E-state index in [1.54, 1.807) is 12.0 Å². The summed E-state index contributed by atoms with van der Waals surface area (Å²) in [6.07, 6.45) is 0. The second-order valence-electron chi connectivity index (χ2n) is 6.75. The van der Waals surface area contributed by atoms with Gasteiger partial charge in [0.2, 0.25) is 0 Å². The molecular formula is C21H22BrN3O3S. The number of carbonyl (C=O) groups is 1. The molecule has 1 fully saturated rings. The van der Waals surface area contributed by atoms with E-state index >= 15 is 0 Å². The van der Waals surface area contributed by atoms with E-state index in [9.17, 15) is 4.79 Å². The molecule has 4 rings (SSSR count). The molecule has 1 amide bonds. The van der Waals surface area contributed by atoms with Crippen molar-refractivity contribution in [3.8, 4) is 5.75 Å². The van der Waals surface area contributed by atoms with Crippen molar-refractivity contribution in [1.29, 1.82) is 0 Å². The molecule has 29 heavy (non-hydrogen) atoms. The minimum absolute atomic E-state index is 0.0446. The Hall–Kier alpha value is -2.00. The van der Waals surface area contributed by atoms with Crippen molar-refractivity contribution in [2.45, 2.75) is 0 Å². The van der Waals surface area contributed by atoms with Crippen LogP contribution in [0.1, 0.15) is 10.4 Å². The fraction of sp³-hybridized carbons (Fsp3) is 0.333. The van der Waals surface area contributed by atoms with Gasteiger partial charge in [-0.2, -0.15) is 0 Å². The maximum atomic E-state index is 13.3. The van der Waals surface area contributed by atoms with Gasteiger partial charge in [-0.1, -0.05) is 27.3 Å². The smallest absolute Gasteiger partial charge is 0.260 e. The Morgan fingerprint density at radius 2 is 2.00 bits per heavy atom. The maximum Gasteiger partial charge on any atom is 0.260 e. The number of halogens is 1. The van der Waals surface area contributed by atoms with Crippen LogP contribution < -0.4 is 9.64 Å². The summed E-state index contributed by atoms with van der Waals surface area (Å²) in [4.78, 5) is 22.2. The molecule has 6 nitrogen and oxygen atoms in total. The maximum absolute atomic E-state index is 13.3. The van der Waals surface area contributed by atoms with Gasteiger partial charge in [-0.25, -0.2) is 4.98 Å². The average Bonchev–Trinajstić information content (AvgIpc) is 3.17. The summed E-state index contributed by atoms with van der Waals surface area (Å²) in [6.45, 7) is 4.61. The van der Waals surface area contributed by atoms with Crippen LogP contribution in [0.3, 0.4) is 0 Å². The van der Waals surface area contributed by atoms with Crippen LogP contribution in [0.2, 0.25) is 0 Å². The molecule has 1 saturated heterocycles. The Kier molecular flexibility index (Phi) is 6.44. The molecule has 0 unspecified atom stereocenters. The molecule has 152 valence electrons. The van der Waals surface area contributed by atoms with Gasteiger partial charge in [0.15, 0.2) is 5.13 Å². The van der Waals surface area contributed by atoms with Crippen molar-refractivity contribution in [3.63, 3.8) is 0 Å². The van der Waals surface area contributed by atoms with Gasteiger partial charge in [0, 0.05) is 36.2 Å². The Labute approximate surface area is 182 Å². The number of amides is 1. The molecule has 0 saturated carbocycles. The first-order valence-corrected chi connectivity index (χ1v) is 11.1. The number of ether oxygens (including phenoxy) is 2. The van der Waals surface area contributed by atoms with E-state index in [-0.39, 0.29) is 5.91 Å². The van der Waals surface area contributed by atoms with E-state index in [0.29, 0.717) is 17.2 Å². The second-order valence-corrected chi connectivity index (χ2v) is 8.67. The minimum Gasteiger partial charge on any atom is -0.497 e. The average molecular weight is 476 g/mol. The molecule has 0 spiro atoms. The number of fused-ring (bicyclic) bond motifs is 1. The summed E-state index contributed by atoms with van der Waals surface area (Å²) in [5.74, 6) is 0.739.